The molecule has 0 bridgehead atoms. The van der Waals surface area contributed by atoms with Gasteiger partial charge in [0, 0.05) is 46.7 Å². The van der Waals surface area contributed by atoms with Gasteiger partial charge >= 0.3 is 0 Å². The normalized spacial score (nSPS) is 11.5. The number of nitrogens with one attached hydrogen (secondary N) is 3. The first-order chi connectivity index (χ1) is 17.1. The minimum absolute atomic E-state index is 0.297. The lowest BCUT2D eigenvalue weighted by atomic mass is 10.0. The zero-order chi connectivity index (χ0) is 23.9. The fraction of sp³-hybridized carbons (Fsp3) is 0.111. The topological polar surface area (TPSA) is 95.2 Å². The molecular weight excluding hydrogens is 441 g/mol. The predicted molar refractivity (Wildman–Crippen MR) is 136 cm³/mol. The molecule has 0 aliphatic heterocycles. The number of aromatic amines is 2. The lowest BCUT2D eigenvalue weighted by molar-refractivity contribution is 0.631. The van der Waals surface area contributed by atoms with Gasteiger partial charge in [0.15, 0.2) is 11.5 Å². The minimum atomic E-state index is -0.297. The summed E-state index contributed by atoms with van der Waals surface area (Å²) in [5.41, 5.74) is 6.90. The highest BCUT2D eigenvalue weighted by Gasteiger charge is 2.17. The van der Waals surface area contributed by atoms with Crippen LogP contribution in [-0.4, -0.2) is 36.2 Å². The minimum Gasteiger partial charge on any atom is -0.382 e. The van der Waals surface area contributed by atoms with Crippen molar-refractivity contribution >= 4 is 27.8 Å². The third-order valence-corrected chi connectivity index (χ3v) is 5.87. The highest BCUT2D eigenvalue weighted by atomic mass is 19.1. The number of H-pyrrole nitrogens is 2. The Morgan fingerprint density at radius 3 is 2.69 bits per heavy atom. The third kappa shape index (κ3) is 3.78. The number of imidazole rings is 1. The van der Waals surface area contributed by atoms with Crippen LogP contribution in [0.1, 0.15) is 13.8 Å². The van der Waals surface area contributed by atoms with Crippen molar-refractivity contribution in [3.63, 3.8) is 0 Å². The lowest BCUT2D eigenvalue weighted by Crippen LogP contribution is -2.09. The number of rotatable bonds is 5. The Kier molecular flexibility index (Phi) is 4.99. The first-order valence-electron chi connectivity index (χ1n) is 11.4. The summed E-state index contributed by atoms with van der Waals surface area (Å²) in [5.74, 6) is 0.266. The molecule has 0 amide bonds. The number of hydrogen-bond donors (Lipinski definition) is 3. The quantitative estimate of drug-likeness (QED) is 0.283. The van der Waals surface area contributed by atoms with Crippen LogP contribution in [0.15, 0.2) is 73.2 Å². The van der Waals surface area contributed by atoms with Gasteiger partial charge in [-0.1, -0.05) is 24.3 Å². The number of pyridine rings is 2. The molecule has 0 aliphatic carbocycles. The second-order valence-corrected chi connectivity index (χ2v) is 8.72. The molecule has 7 nitrogen and oxygen atoms in total. The average Bonchev–Trinajstić information content (AvgIpc) is 3.47. The number of hydrogen-bond acceptors (Lipinski definition) is 5. The van der Waals surface area contributed by atoms with E-state index in [1.165, 1.54) is 6.07 Å². The standard InChI is InChI=1S/C27H22FN7/c1-15(2)31-18-11-17(13-29-14-18)16-7-8-23-21(12-16)25(35-34-23)27-32-24-20(9-10-30-26(24)33-27)19-5-3-4-6-22(19)28/h3-15,31H,1-2H3,(H,34,35)(H,30,32,33). The van der Waals surface area contributed by atoms with E-state index in [0.29, 0.717) is 39.9 Å². The van der Waals surface area contributed by atoms with Crippen molar-refractivity contribution in [2.45, 2.75) is 19.9 Å². The Hall–Kier alpha value is -4.59. The van der Waals surface area contributed by atoms with Gasteiger partial charge in [-0.15, -0.1) is 0 Å². The van der Waals surface area contributed by atoms with E-state index >= 15 is 0 Å². The summed E-state index contributed by atoms with van der Waals surface area (Å²) in [6, 6.07) is 17.0. The van der Waals surface area contributed by atoms with Crippen molar-refractivity contribution in [3.05, 3.63) is 79.0 Å². The maximum atomic E-state index is 14.5. The van der Waals surface area contributed by atoms with E-state index in [1.54, 1.807) is 24.4 Å². The second-order valence-electron chi connectivity index (χ2n) is 8.72. The predicted octanol–water partition coefficient (Wildman–Crippen LogP) is 6.19. The smallest absolute Gasteiger partial charge is 0.178 e. The Morgan fingerprint density at radius 2 is 1.83 bits per heavy atom. The van der Waals surface area contributed by atoms with Crippen molar-refractivity contribution in [1.82, 2.24) is 30.1 Å². The average molecular weight is 464 g/mol. The van der Waals surface area contributed by atoms with Crippen molar-refractivity contribution in [3.8, 4) is 33.8 Å². The zero-order valence-corrected chi connectivity index (χ0v) is 19.2. The van der Waals surface area contributed by atoms with Crippen molar-refractivity contribution in [1.29, 1.82) is 0 Å². The first-order valence-corrected chi connectivity index (χ1v) is 11.4. The molecule has 0 saturated heterocycles. The van der Waals surface area contributed by atoms with E-state index in [9.17, 15) is 4.39 Å². The van der Waals surface area contributed by atoms with E-state index < -0.39 is 0 Å². The Balaban J connectivity index is 1.46. The van der Waals surface area contributed by atoms with Crippen LogP contribution < -0.4 is 5.32 Å². The van der Waals surface area contributed by atoms with E-state index in [4.69, 9.17) is 0 Å². The lowest BCUT2D eigenvalue weighted by Gasteiger charge is -2.11. The van der Waals surface area contributed by atoms with Crippen molar-refractivity contribution in [2.75, 3.05) is 5.32 Å². The number of benzene rings is 2. The largest absolute Gasteiger partial charge is 0.382 e. The molecule has 4 heterocycles. The fourth-order valence-electron chi connectivity index (χ4n) is 4.31. The molecule has 0 fully saturated rings. The van der Waals surface area contributed by atoms with Crippen LogP contribution >= 0.6 is 0 Å². The molecule has 0 saturated carbocycles. The molecule has 35 heavy (non-hydrogen) atoms. The maximum absolute atomic E-state index is 14.5. The number of anilines is 1. The van der Waals surface area contributed by atoms with Crippen molar-refractivity contribution in [2.24, 2.45) is 0 Å². The van der Waals surface area contributed by atoms with Crippen molar-refractivity contribution < 1.29 is 4.39 Å². The van der Waals surface area contributed by atoms with Crippen LogP contribution in [0.2, 0.25) is 0 Å². The second kappa shape index (κ2) is 8.32. The Labute approximate surface area is 200 Å². The molecule has 0 atom stereocenters. The number of aromatic nitrogens is 6. The van der Waals surface area contributed by atoms with Gasteiger partial charge in [-0.2, -0.15) is 5.10 Å². The first kappa shape index (κ1) is 21.0. The monoisotopic (exact) mass is 463 g/mol. The molecule has 4 aromatic heterocycles. The van der Waals surface area contributed by atoms with Gasteiger partial charge in [-0.05, 0) is 49.7 Å². The van der Waals surface area contributed by atoms with Crippen LogP contribution in [-0.2, 0) is 0 Å². The maximum Gasteiger partial charge on any atom is 0.178 e. The molecular formula is C27H22FN7. The van der Waals surface area contributed by atoms with Gasteiger partial charge in [-0.25, -0.2) is 14.4 Å². The van der Waals surface area contributed by atoms with E-state index in [0.717, 1.165) is 27.7 Å². The zero-order valence-electron chi connectivity index (χ0n) is 19.2. The van der Waals surface area contributed by atoms with Gasteiger partial charge in [-0.3, -0.25) is 10.1 Å². The van der Waals surface area contributed by atoms with Crippen LogP contribution in [0.4, 0.5) is 10.1 Å². The van der Waals surface area contributed by atoms with Crippen LogP contribution in [0.25, 0.3) is 55.8 Å². The van der Waals surface area contributed by atoms with Gasteiger partial charge in [0.2, 0.25) is 0 Å². The van der Waals surface area contributed by atoms with Crippen LogP contribution in [0, 0.1) is 5.82 Å². The SMILES string of the molecule is CC(C)Nc1cncc(-c2ccc3[nH]nc(-c4nc5nccc(-c6ccccc6F)c5[nH]4)c3c2)c1. The summed E-state index contributed by atoms with van der Waals surface area (Å²) in [6.45, 7) is 4.19. The van der Waals surface area contributed by atoms with E-state index in [-0.39, 0.29) is 5.82 Å². The Morgan fingerprint density at radius 1 is 0.943 bits per heavy atom. The van der Waals surface area contributed by atoms with Crippen LogP contribution in [0.3, 0.4) is 0 Å². The summed E-state index contributed by atoms with van der Waals surface area (Å²) in [6.07, 6.45) is 5.30. The van der Waals surface area contributed by atoms with Gasteiger partial charge < -0.3 is 10.3 Å². The van der Waals surface area contributed by atoms with Crippen LogP contribution in [0.5, 0.6) is 0 Å². The molecule has 6 aromatic rings. The van der Waals surface area contributed by atoms with E-state index in [1.807, 2.05) is 30.6 Å². The number of halogens is 1. The summed E-state index contributed by atoms with van der Waals surface area (Å²) in [7, 11) is 0. The highest BCUT2D eigenvalue weighted by molar-refractivity contribution is 5.97. The number of fused-ring (bicyclic) bond motifs is 2. The summed E-state index contributed by atoms with van der Waals surface area (Å²) < 4.78 is 14.5. The summed E-state index contributed by atoms with van der Waals surface area (Å²) in [4.78, 5) is 16.8. The van der Waals surface area contributed by atoms with Gasteiger partial charge in [0.25, 0.3) is 0 Å². The van der Waals surface area contributed by atoms with Gasteiger partial charge in [0.1, 0.15) is 11.5 Å². The molecule has 0 unspecified atom stereocenters. The van der Waals surface area contributed by atoms with E-state index in [2.05, 4.69) is 61.4 Å². The molecule has 172 valence electrons. The summed E-state index contributed by atoms with van der Waals surface area (Å²) in [5, 5.41) is 11.9. The summed E-state index contributed by atoms with van der Waals surface area (Å²) >= 11 is 0. The molecule has 0 spiro atoms. The molecule has 0 aliphatic rings. The molecule has 3 N–H and O–H groups in total. The molecule has 2 aromatic carbocycles. The number of nitrogens with zero attached hydrogens (tertiary/aromatic N) is 4. The molecule has 8 heteroatoms. The highest BCUT2D eigenvalue weighted by Crippen LogP contribution is 2.33. The molecule has 0 radical (unpaired) electrons. The fourth-order valence-corrected chi connectivity index (χ4v) is 4.31. The third-order valence-electron chi connectivity index (χ3n) is 5.87. The van der Waals surface area contributed by atoms with Gasteiger partial charge in [0.05, 0.1) is 16.7 Å². The molecule has 6 rings (SSSR count). The Bertz CT molecular complexity index is 1680.